The fourth-order valence-electron chi connectivity index (χ4n) is 8.40. The van der Waals surface area contributed by atoms with Crippen molar-refractivity contribution in [2.24, 2.45) is 10.8 Å². The first kappa shape index (κ1) is 49.0. The summed E-state index contributed by atoms with van der Waals surface area (Å²) in [6, 6.07) is 0. The van der Waals surface area contributed by atoms with E-state index in [0.29, 0.717) is 32.1 Å². The summed E-state index contributed by atoms with van der Waals surface area (Å²) >= 11 is 0. The van der Waals surface area contributed by atoms with E-state index in [1.807, 2.05) is 26.0 Å². The van der Waals surface area contributed by atoms with Gasteiger partial charge in [0.05, 0.1) is 43.0 Å². The zero-order valence-corrected chi connectivity index (χ0v) is 36.8. The molecule has 4 rings (SSSR count). The zero-order valence-electron chi connectivity index (χ0n) is 36.8. The number of ether oxygens (including phenoxy) is 7. The van der Waals surface area contributed by atoms with Crippen molar-refractivity contribution in [2.45, 2.75) is 186 Å². The third-order valence-corrected chi connectivity index (χ3v) is 12.2. The maximum Gasteiger partial charge on any atom is 0.331 e. The molecule has 0 aromatic rings. The fourth-order valence-corrected chi connectivity index (χ4v) is 8.40. The van der Waals surface area contributed by atoms with E-state index in [1.165, 1.54) is 33.1 Å². The molecule has 0 aromatic heterocycles. The summed E-state index contributed by atoms with van der Waals surface area (Å²) in [4.78, 5) is 51.8. The van der Waals surface area contributed by atoms with Crippen LogP contribution in [-0.2, 0) is 52.3 Å². The quantitative estimate of drug-likeness (QED) is 0.0828. The highest BCUT2D eigenvalue weighted by atomic mass is 16.7. The van der Waals surface area contributed by atoms with E-state index in [1.54, 1.807) is 45.9 Å². The molecule has 2 unspecified atom stereocenters. The van der Waals surface area contributed by atoms with E-state index in [0.717, 1.165) is 24.5 Å². The predicted molar refractivity (Wildman–Crippen MR) is 221 cm³/mol. The maximum atomic E-state index is 13.4. The lowest BCUT2D eigenvalue weighted by Gasteiger charge is -2.53. The van der Waals surface area contributed by atoms with Gasteiger partial charge in [0.2, 0.25) is 5.79 Å². The molecule has 0 amide bonds. The second kappa shape index (κ2) is 20.9. The molecule has 6 bridgehead atoms. The van der Waals surface area contributed by atoms with Gasteiger partial charge in [-0.25, -0.2) is 9.59 Å². The molecule has 4 heterocycles. The Hall–Kier alpha value is -3.66. The molecule has 0 radical (unpaired) electrons. The van der Waals surface area contributed by atoms with Crippen LogP contribution in [0.2, 0.25) is 0 Å². The molecule has 14 nitrogen and oxygen atoms in total. The monoisotopic (exact) mass is 844 g/mol. The molecular formula is C46H68O14. The fraction of sp³-hybridized carbons (Fsp3) is 0.696. The van der Waals surface area contributed by atoms with E-state index in [-0.39, 0.29) is 31.3 Å². The van der Waals surface area contributed by atoms with Crippen LogP contribution in [0.3, 0.4) is 0 Å². The highest BCUT2D eigenvalue weighted by molar-refractivity contribution is 5.84. The van der Waals surface area contributed by atoms with Gasteiger partial charge in [-0.3, -0.25) is 9.59 Å². The van der Waals surface area contributed by atoms with Gasteiger partial charge in [0.25, 0.3) is 0 Å². The third kappa shape index (κ3) is 12.3. The first-order chi connectivity index (χ1) is 28.2. The molecule has 3 N–H and O–H groups in total. The maximum absolute atomic E-state index is 13.4. The van der Waals surface area contributed by atoms with Crippen molar-refractivity contribution in [2.75, 3.05) is 7.11 Å². The average molecular weight is 845 g/mol. The summed E-state index contributed by atoms with van der Waals surface area (Å²) in [6.45, 7) is 13.7. The van der Waals surface area contributed by atoms with Gasteiger partial charge < -0.3 is 48.5 Å². The van der Waals surface area contributed by atoms with Crippen LogP contribution in [-0.4, -0.2) is 107 Å². The number of cyclic esters (lactones) is 1. The number of unbranched alkanes of at least 4 members (excludes halogenated alkanes) is 1. The van der Waals surface area contributed by atoms with Crippen LogP contribution in [0.4, 0.5) is 0 Å². The highest BCUT2D eigenvalue weighted by Crippen LogP contribution is 2.50. The molecule has 0 aliphatic carbocycles. The molecule has 10 atom stereocenters. The number of carbonyl (C=O) groups is 4. The van der Waals surface area contributed by atoms with Gasteiger partial charge in [-0.2, -0.15) is 0 Å². The number of carbonyl (C=O) groups excluding carboxylic acids is 4. The molecule has 0 aromatic carbocycles. The Morgan fingerprint density at radius 3 is 2.37 bits per heavy atom. The molecule has 3 saturated heterocycles. The zero-order chi connectivity index (χ0) is 44.5. The Labute approximate surface area is 355 Å². The minimum absolute atomic E-state index is 0.0348. The van der Waals surface area contributed by atoms with Gasteiger partial charge in [0.15, 0.2) is 11.9 Å². The van der Waals surface area contributed by atoms with Crippen molar-refractivity contribution in [3.05, 3.63) is 59.8 Å². The Bertz CT molecular complexity index is 1670. The van der Waals surface area contributed by atoms with E-state index in [9.17, 15) is 34.5 Å². The number of hydrogen-bond donors (Lipinski definition) is 3. The van der Waals surface area contributed by atoms with Crippen LogP contribution in [0.15, 0.2) is 59.8 Å². The standard InChI is InChI=1S/C46H68O14/c1-10-12-13-14-15-18-40(50)58-42-32(25-41(51)54-9)24-35-26-37(29(3)47)57-39(49)19-16-17-34-27-38(55-30(4)48)44(7,8)45(52,59-34)28-36-23-31(11-2)22-33(56-36)20-21-43(5,6)46(42,53)60-35/h11,13-15,18,20-21,25,29,33-38,42,47,52-53H,10,12,16-17,19,22-24,26-28H2,1-9H3/b14-13+,18-15+,21-20+,31-11+,32-25+/t29-,33+,34?,35+,36+,37-,38+,42+,45?,46-/m1/s1. The van der Waals surface area contributed by atoms with Crippen molar-refractivity contribution in [3.63, 3.8) is 0 Å². The molecule has 0 spiro atoms. The van der Waals surface area contributed by atoms with Crippen molar-refractivity contribution in [1.82, 2.24) is 0 Å². The van der Waals surface area contributed by atoms with E-state index >= 15 is 0 Å². The van der Waals surface area contributed by atoms with Crippen molar-refractivity contribution in [1.29, 1.82) is 0 Å². The summed E-state index contributed by atoms with van der Waals surface area (Å²) in [6.07, 6.45) is 9.50. The topological polar surface area (TPSA) is 194 Å². The normalized spacial score (nSPS) is 36.3. The van der Waals surface area contributed by atoms with E-state index in [4.69, 9.17) is 33.2 Å². The van der Waals surface area contributed by atoms with Gasteiger partial charge >= 0.3 is 23.9 Å². The van der Waals surface area contributed by atoms with E-state index < -0.39 is 95.1 Å². The molecule has 14 heteroatoms. The van der Waals surface area contributed by atoms with Gasteiger partial charge in [-0.1, -0.05) is 83.1 Å². The van der Waals surface area contributed by atoms with Crippen LogP contribution in [0, 0.1) is 10.8 Å². The highest BCUT2D eigenvalue weighted by Gasteiger charge is 2.59. The Morgan fingerprint density at radius 1 is 0.983 bits per heavy atom. The lowest BCUT2D eigenvalue weighted by molar-refractivity contribution is -0.347. The van der Waals surface area contributed by atoms with Crippen LogP contribution >= 0.6 is 0 Å². The smallest absolute Gasteiger partial charge is 0.331 e. The first-order valence-corrected chi connectivity index (χ1v) is 21.3. The molecule has 336 valence electrons. The summed E-state index contributed by atoms with van der Waals surface area (Å²) in [5.74, 6) is -6.78. The number of aliphatic hydroxyl groups excluding tert-OH is 1. The number of esters is 4. The minimum atomic E-state index is -2.34. The number of aliphatic hydroxyl groups is 3. The number of hydrogen-bond acceptors (Lipinski definition) is 14. The third-order valence-electron chi connectivity index (χ3n) is 12.2. The SMILES string of the molecule is C/C=C1/C[C@H]2CC3(O)OC(CCCC(=O)O[C@@H]([C@@H](C)O)C[C@@H]4C/C(=C\C(=O)OC)[C@H](OC(=O)/C=C/C=C/CCC)[C@@](O)(O4)C(C)(C)/C=C/[C@@H](C1)O2)C[C@H](OC(C)=O)C3(C)C. The molecule has 4 aliphatic heterocycles. The number of rotatable bonds is 8. The van der Waals surface area contributed by atoms with Crippen molar-refractivity contribution < 1.29 is 67.7 Å². The van der Waals surface area contributed by atoms with Crippen LogP contribution in [0.1, 0.15) is 126 Å². The molecule has 0 saturated carbocycles. The second-order valence-corrected chi connectivity index (χ2v) is 17.7. The largest absolute Gasteiger partial charge is 0.466 e. The van der Waals surface area contributed by atoms with Gasteiger partial charge in [0.1, 0.15) is 12.2 Å². The summed E-state index contributed by atoms with van der Waals surface area (Å²) < 4.78 is 42.2. The molecular weight excluding hydrogens is 776 g/mol. The Balaban J connectivity index is 1.82. The van der Waals surface area contributed by atoms with Gasteiger partial charge in [0, 0.05) is 50.2 Å². The van der Waals surface area contributed by atoms with E-state index in [2.05, 4.69) is 0 Å². The number of methoxy groups -OCH3 is 1. The lowest BCUT2D eigenvalue weighted by atomic mass is 9.70. The minimum Gasteiger partial charge on any atom is -0.466 e. The summed E-state index contributed by atoms with van der Waals surface area (Å²) in [5, 5.41) is 36.2. The molecule has 60 heavy (non-hydrogen) atoms. The van der Waals surface area contributed by atoms with Crippen LogP contribution < -0.4 is 0 Å². The second-order valence-electron chi connectivity index (χ2n) is 17.7. The molecule has 3 fully saturated rings. The van der Waals surface area contributed by atoms with Crippen molar-refractivity contribution in [3.8, 4) is 0 Å². The number of fused-ring (bicyclic) bond motifs is 6. The van der Waals surface area contributed by atoms with Gasteiger partial charge in [-0.05, 0) is 57.9 Å². The van der Waals surface area contributed by atoms with Crippen LogP contribution in [0.25, 0.3) is 0 Å². The Kier molecular flexibility index (Phi) is 17.1. The number of allylic oxidation sites excluding steroid dienone is 4. The average Bonchev–Trinajstić information content (AvgIpc) is 3.16. The summed E-state index contributed by atoms with van der Waals surface area (Å²) in [5.41, 5.74) is -1.17. The lowest BCUT2D eigenvalue weighted by Crippen LogP contribution is -2.62. The predicted octanol–water partition coefficient (Wildman–Crippen LogP) is 6.16. The van der Waals surface area contributed by atoms with Gasteiger partial charge in [-0.15, -0.1) is 0 Å². The molecule has 4 aliphatic rings. The Morgan fingerprint density at radius 2 is 1.72 bits per heavy atom. The van der Waals surface area contributed by atoms with Crippen molar-refractivity contribution >= 4 is 23.9 Å². The first-order valence-electron chi connectivity index (χ1n) is 21.3. The van der Waals surface area contributed by atoms with Crippen LogP contribution in [0.5, 0.6) is 0 Å². The summed E-state index contributed by atoms with van der Waals surface area (Å²) in [7, 11) is 1.21.